The van der Waals surface area contributed by atoms with Crippen LogP contribution in [0, 0.1) is 6.92 Å². The minimum Gasteiger partial charge on any atom is -0.294 e. The molecule has 0 spiro atoms. The Morgan fingerprint density at radius 1 is 1.00 bits per heavy atom. The fourth-order valence-corrected chi connectivity index (χ4v) is 3.92. The van der Waals surface area contributed by atoms with Crippen LogP contribution < -0.4 is 0 Å². The van der Waals surface area contributed by atoms with Crippen LogP contribution >= 0.6 is 0 Å². The molecule has 0 aliphatic heterocycles. The molecular formula is C21H17N3O. The van der Waals surface area contributed by atoms with Crippen molar-refractivity contribution in [3.63, 3.8) is 0 Å². The third kappa shape index (κ3) is 2.18. The van der Waals surface area contributed by atoms with E-state index in [1.165, 1.54) is 11.1 Å². The van der Waals surface area contributed by atoms with Crippen LogP contribution in [0.15, 0.2) is 54.7 Å². The van der Waals surface area contributed by atoms with Crippen LogP contribution in [0.25, 0.3) is 16.8 Å². The second-order valence-corrected chi connectivity index (χ2v) is 6.76. The zero-order chi connectivity index (χ0) is 17.0. The monoisotopic (exact) mass is 327 g/mol. The van der Waals surface area contributed by atoms with Crippen LogP contribution in [0.5, 0.6) is 0 Å². The first-order valence-electron chi connectivity index (χ1n) is 8.56. The van der Waals surface area contributed by atoms with E-state index in [2.05, 4.69) is 24.0 Å². The predicted molar refractivity (Wildman–Crippen MR) is 97.1 cm³/mol. The normalized spacial score (nSPS) is 17.2. The molecule has 2 aromatic heterocycles. The highest BCUT2D eigenvalue weighted by Crippen LogP contribution is 2.34. The van der Waals surface area contributed by atoms with E-state index in [0.717, 1.165) is 28.7 Å². The molecular weight excluding hydrogens is 310 g/mol. The number of imidazole rings is 1. The highest BCUT2D eigenvalue weighted by molar-refractivity contribution is 5.99. The summed E-state index contributed by atoms with van der Waals surface area (Å²) in [4.78, 5) is 22.2. The number of ketones is 1. The molecule has 0 N–H and O–H groups in total. The topological polar surface area (TPSA) is 47.3 Å². The lowest BCUT2D eigenvalue weighted by Crippen LogP contribution is -2.21. The lowest BCUT2D eigenvalue weighted by molar-refractivity contribution is 0.0962. The molecule has 1 atom stereocenters. The van der Waals surface area contributed by atoms with Crippen LogP contribution in [0.2, 0.25) is 0 Å². The molecule has 0 saturated carbocycles. The van der Waals surface area contributed by atoms with E-state index in [-0.39, 0.29) is 11.7 Å². The smallest absolute Gasteiger partial charge is 0.235 e. The molecule has 1 unspecified atom stereocenters. The lowest BCUT2D eigenvalue weighted by Gasteiger charge is -2.24. The summed E-state index contributed by atoms with van der Waals surface area (Å²) in [6.07, 6.45) is 3.24. The summed E-state index contributed by atoms with van der Waals surface area (Å²) in [7, 11) is 0. The summed E-state index contributed by atoms with van der Waals surface area (Å²) in [5.41, 5.74) is 5.97. The van der Waals surface area contributed by atoms with Gasteiger partial charge >= 0.3 is 0 Å². The predicted octanol–water partition coefficient (Wildman–Crippen LogP) is 4.10. The number of aromatic nitrogens is 3. The molecule has 0 amide bonds. The van der Waals surface area contributed by atoms with Gasteiger partial charge in [0, 0.05) is 12.6 Å². The fourth-order valence-electron chi connectivity index (χ4n) is 3.92. The maximum atomic E-state index is 12.8. The van der Waals surface area contributed by atoms with Crippen LogP contribution in [0.1, 0.15) is 39.5 Å². The van der Waals surface area contributed by atoms with Crippen molar-refractivity contribution >= 4 is 22.6 Å². The molecule has 2 aromatic carbocycles. The van der Waals surface area contributed by atoms with Gasteiger partial charge in [0.1, 0.15) is 0 Å². The SMILES string of the molecule is Cc1ccccc1C1CC(=O)c2cn3c(nc2C1)nc1ccccc13. The van der Waals surface area contributed by atoms with Crippen LogP contribution in [0.4, 0.5) is 0 Å². The number of carbonyl (C=O) groups is 1. The highest BCUT2D eigenvalue weighted by Gasteiger charge is 2.29. The Morgan fingerprint density at radius 3 is 2.68 bits per heavy atom. The van der Waals surface area contributed by atoms with Crippen molar-refractivity contribution in [1.82, 2.24) is 14.4 Å². The first kappa shape index (κ1) is 14.3. The maximum Gasteiger partial charge on any atom is 0.235 e. The van der Waals surface area contributed by atoms with E-state index in [1.807, 2.05) is 47.0 Å². The van der Waals surface area contributed by atoms with E-state index >= 15 is 0 Å². The van der Waals surface area contributed by atoms with Gasteiger partial charge < -0.3 is 0 Å². The van der Waals surface area contributed by atoms with Gasteiger partial charge in [-0.25, -0.2) is 9.97 Å². The van der Waals surface area contributed by atoms with Crippen LogP contribution in [0.3, 0.4) is 0 Å². The zero-order valence-corrected chi connectivity index (χ0v) is 13.9. The number of aryl methyl sites for hydroxylation is 1. The third-order valence-electron chi connectivity index (χ3n) is 5.18. The number of rotatable bonds is 1. The van der Waals surface area contributed by atoms with Crippen LogP contribution in [-0.4, -0.2) is 20.2 Å². The average molecular weight is 327 g/mol. The number of nitrogens with zero attached hydrogens (tertiary/aromatic N) is 3. The molecule has 0 fully saturated rings. The summed E-state index contributed by atoms with van der Waals surface area (Å²) in [5, 5.41) is 0. The summed E-state index contributed by atoms with van der Waals surface area (Å²) >= 11 is 0. The molecule has 4 heteroatoms. The Morgan fingerprint density at radius 2 is 1.80 bits per heavy atom. The van der Waals surface area contributed by atoms with Crippen molar-refractivity contribution in [2.45, 2.75) is 25.7 Å². The minimum atomic E-state index is 0.168. The second kappa shape index (κ2) is 5.24. The number of carbonyl (C=O) groups excluding carboxylic acids is 1. The van der Waals surface area contributed by atoms with Crippen molar-refractivity contribution in [1.29, 1.82) is 0 Å². The minimum absolute atomic E-state index is 0.168. The van der Waals surface area contributed by atoms with Gasteiger partial charge in [-0.15, -0.1) is 0 Å². The Hall–Kier alpha value is -3.01. The van der Waals surface area contributed by atoms with Gasteiger partial charge in [-0.05, 0) is 42.5 Å². The Bertz CT molecular complexity index is 1140. The molecule has 1 aliphatic carbocycles. The number of benzene rings is 2. The average Bonchev–Trinajstić information content (AvgIpc) is 2.98. The van der Waals surface area contributed by atoms with Gasteiger partial charge in [-0.1, -0.05) is 36.4 Å². The van der Waals surface area contributed by atoms with Gasteiger partial charge in [0.2, 0.25) is 5.78 Å². The Labute approximate surface area is 145 Å². The van der Waals surface area contributed by atoms with Crippen molar-refractivity contribution in [2.75, 3.05) is 0 Å². The largest absolute Gasteiger partial charge is 0.294 e. The molecule has 25 heavy (non-hydrogen) atoms. The first-order chi connectivity index (χ1) is 12.2. The fraction of sp³-hybridized carbons (Fsp3) is 0.190. The summed E-state index contributed by atoms with van der Waals surface area (Å²) in [6, 6.07) is 16.2. The van der Waals surface area contributed by atoms with Crippen molar-refractivity contribution in [2.24, 2.45) is 0 Å². The highest BCUT2D eigenvalue weighted by atomic mass is 16.1. The quantitative estimate of drug-likeness (QED) is 0.529. The van der Waals surface area contributed by atoms with Gasteiger partial charge in [0.25, 0.3) is 0 Å². The van der Waals surface area contributed by atoms with Crippen LogP contribution in [-0.2, 0) is 6.42 Å². The number of para-hydroxylation sites is 2. The Balaban J connectivity index is 1.66. The molecule has 2 heterocycles. The number of Topliss-reactive ketones (excluding diaryl/α,β-unsaturated/α-hetero) is 1. The van der Waals surface area contributed by atoms with Crippen molar-refractivity contribution < 1.29 is 4.79 Å². The molecule has 1 aliphatic rings. The summed E-state index contributed by atoms with van der Waals surface area (Å²) < 4.78 is 1.93. The second-order valence-electron chi connectivity index (χ2n) is 6.76. The molecule has 4 nitrogen and oxygen atoms in total. The van der Waals surface area contributed by atoms with Gasteiger partial charge in [-0.3, -0.25) is 9.20 Å². The standard InChI is InChI=1S/C21H17N3O/c1-13-6-2-3-7-15(13)14-10-18-16(20(25)11-14)12-24-19-9-5-4-8-17(19)22-21(24)23-18/h2-9,12,14H,10-11H2,1H3. The zero-order valence-electron chi connectivity index (χ0n) is 13.9. The summed E-state index contributed by atoms with van der Waals surface area (Å²) in [5.74, 6) is 1.03. The third-order valence-corrected chi connectivity index (χ3v) is 5.18. The van der Waals surface area contributed by atoms with E-state index in [0.29, 0.717) is 12.2 Å². The summed E-state index contributed by atoms with van der Waals surface area (Å²) in [6.45, 7) is 2.10. The van der Waals surface area contributed by atoms with E-state index < -0.39 is 0 Å². The lowest BCUT2D eigenvalue weighted by atomic mass is 9.81. The molecule has 4 aromatic rings. The van der Waals surface area contributed by atoms with Gasteiger partial charge in [0.05, 0.1) is 22.3 Å². The van der Waals surface area contributed by atoms with Crippen molar-refractivity contribution in [3.8, 4) is 0 Å². The number of hydrogen-bond acceptors (Lipinski definition) is 3. The Kier molecular flexibility index (Phi) is 3.01. The maximum absolute atomic E-state index is 12.8. The number of fused-ring (bicyclic) bond motifs is 4. The van der Waals surface area contributed by atoms with E-state index in [1.54, 1.807) is 0 Å². The van der Waals surface area contributed by atoms with Crippen molar-refractivity contribution in [3.05, 3.63) is 77.1 Å². The molecule has 0 radical (unpaired) electrons. The molecule has 122 valence electrons. The molecule has 5 rings (SSSR count). The van der Waals surface area contributed by atoms with E-state index in [4.69, 9.17) is 4.98 Å². The number of hydrogen-bond donors (Lipinski definition) is 0. The first-order valence-corrected chi connectivity index (χ1v) is 8.56. The van der Waals surface area contributed by atoms with E-state index in [9.17, 15) is 4.79 Å². The van der Waals surface area contributed by atoms with Gasteiger partial charge in [-0.2, -0.15) is 0 Å². The van der Waals surface area contributed by atoms with Gasteiger partial charge in [0.15, 0.2) is 5.78 Å². The molecule has 0 saturated heterocycles. The molecule has 0 bridgehead atoms.